The molecular formula is C25H23NO6. The summed E-state index contributed by atoms with van der Waals surface area (Å²) in [6, 6.07) is 22.6. The normalized spacial score (nSPS) is 11.2. The van der Waals surface area contributed by atoms with Crippen LogP contribution in [0.1, 0.15) is 27.9 Å². The minimum absolute atomic E-state index is 0.00275. The summed E-state index contributed by atoms with van der Waals surface area (Å²) in [7, 11) is 0. The second kappa shape index (κ2) is 11.3. The first kappa shape index (κ1) is 22.6. The highest BCUT2D eigenvalue weighted by molar-refractivity contribution is 5.97. The van der Waals surface area contributed by atoms with Crippen LogP contribution in [0.4, 0.5) is 0 Å². The van der Waals surface area contributed by atoms with Crippen molar-refractivity contribution in [2.24, 2.45) is 0 Å². The van der Waals surface area contributed by atoms with Crippen molar-refractivity contribution >= 4 is 17.8 Å². The molecule has 0 aliphatic heterocycles. The zero-order chi connectivity index (χ0) is 22.8. The van der Waals surface area contributed by atoms with Gasteiger partial charge >= 0.3 is 11.9 Å². The van der Waals surface area contributed by atoms with Gasteiger partial charge in [0.25, 0.3) is 5.91 Å². The van der Waals surface area contributed by atoms with Gasteiger partial charge in [0.1, 0.15) is 25.0 Å². The summed E-state index contributed by atoms with van der Waals surface area (Å²) < 4.78 is 10.5. The standard InChI is InChI=1S/C25H23NO6/c27-21-13-7-12-20(14-21)24(29)26-22(25(30)32-17-19-10-5-2-6-11-19)15-23(28)31-16-18-8-3-1-4-9-18/h1-14,22,27H,15-17H2,(H,26,29). The number of carbonyl (C=O) groups is 3. The third kappa shape index (κ3) is 6.98. The van der Waals surface area contributed by atoms with E-state index in [1.807, 2.05) is 48.5 Å². The van der Waals surface area contributed by atoms with Gasteiger partial charge in [-0.05, 0) is 29.3 Å². The number of benzene rings is 3. The maximum Gasteiger partial charge on any atom is 0.329 e. The predicted octanol–water partition coefficient (Wildman–Crippen LogP) is 3.37. The van der Waals surface area contributed by atoms with E-state index in [1.165, 1.54) is 24.3 Å². The molecule has 0 radical (unpaired) electrons. The van der Waals surface area contributed by atoms with Crippen molar-refractivity contribution in [1.29, 1.82) is 0 Å². The van der Waals surface area contributed by atoms with Crippen molar-refractivity contribution in [2.75, 3.05) is 0 Å². The Kier molecular flexibility index (Phi) is 7.97. The Bertz CT molecular complexity index is 1050. The Morgan fingerprint density at radius 3 is 1.97 bits per heavy atom. The van der Waals surface area contributed by atoms with Gasteiger partial charge in [0.05, 0.1) is 6.42 Å². The van der Waals surface area contributed by atoms with Crippen molar-refractivity contribution in [1.82, 2.24) is 5.32 Å². The lowest BCUT2D eigenvalue weighted by Gasteiger charge is -2.17. The van der Waals surface area contributed by atoms with Gasteiger partial charge in [-0.2, -0.15) is 0 Å². The lowest BCUT2D eigenvalue weighted by molar-refractivity contribution is -0.153. The zero-order valence-electron chi connectivity index (χ0n) is 17.3. The number of amides is 1. The van der Waals surface area contributed by atoms with Gasteiger partial charge in [-0.25, -0.2) is 4.79 Å². The first-order chi connectivity index (χ1) is 15.5. The van der Waals surface area contributed by atoms with Crippen LogP contribution in [0.3, 0.4) is 0 Å². The molecule has 7 heteroatoms. The first-order valence-electron chi connectivity index (χ1n) is 10.0. The number of nitrogens with one attached hydrogen (secondary N) is 1. The van der Waals surface area contributed by atoms with Crippen LogP contribution in [-0.4, -0.2) is 29.0 Å². The van der Waals surface area contributed by atoms with Crippen molar-refractivity contribution in [3.05, 3.63) is 102 Å². The summed E-state index contributed by atoms with van der Waals surface area (Å²) in [6.45, 7) is 0.0448. The van der Waals surface area contributed by atoms with E-state index in [4.69, 9.17) is 9.47 Å². The predicted molar refractivity (Wildman–Crippen MR) is 116 cm³/mol. The van der Waals surface area contributed by atoms with Crippen LogP contribution in [0.15, 0.2) is 84.9 Å². The second-order valence-electron chi connectivity index (χ2n) is 7.02. The number of hydrogen-bond acceptors (Lipinski definition) is 6. The van der Waals surface area contributed by atoms with Gasteiger partial charge < -0.3 is 19.9 Å². The topological polar surface area (TPSA) is 102 Å². The van der Waals surface area contributed by atoms with E-state index in [0.29, 0.717) is 0 Å². The molecule has 0 heterocycles. The molecule has 164 valence electrons. The van der Waals surface area contributed by atoms with Crippen LogP contribution >= 0.6 is 0 Å². The zero-order valence-corrected chi connectivity index (χ0v) is 17.3. The van der Waals surface area contributed by atoms with Gasteiger partial charge in [0, 0.05) is 5.56 Å². The van der Waals surface area contributed by atoms with Crippen LogP contribution < -0.4 is 5.32 Å². The lowest BCUT2D eigenvalue weighted by atomic mass is 10.1. The molecule has 0 aliphatic rings. The van der Waals surface area contributed by atoms with Crippen molar-refractivity contribution in [2.45, 2.75) is 25.7 Å². The summed E-state index contributed by atoms with van der Waals surface area (Å²) in [4.78, 5) is 37.6. The molecule has 0 saturated heterocycles. The van der Waals surface area contributed by atoms with Crippen LogP contribution in [0.2, 0.25) is 0 Å². The van der Waals surface area contributed by atoms with E-state index >= 15 is 0 Å². The van der Waals surface area contributed by atoms with Crippen LogP contribution in [0.5, 0.6) is 5.75 Å². The molecular weight excluding hydrogens is 410 g/mol. The molecule has 2 N–H and O–H groups in total. The number of esters is 2. The van der Waals surface area contributed by atoms with E-state index in [1.54, 1.807) is 12.1 Å². The maximum absolute atomic E-state index is 12.7. The highest BCUT2D eigenvalue weighted by Crippen LogP contribution is 2.12. The minimum Gasteiger partial charge on any atom is -0.508 e. The van der Waals surface area contributed by atoms with Crippen molar-refractivity contribution in [3.8, 4) is 5.75 Å². The number of rotatable bonds is 9. The summed E-state index contributed by atoms with van der Waals surface area (Å²) >= 11 is 0. The molecule has 3 aromatic rings. The molecule has 0 aromatic heterocycles. The highest BCUT2D eigenvalue weighted by Gasteiger charge is 2.27. The monoisotopic (exact) mass is 433 g/mol. The summed E-state index contributed by atoms with van der Waals surface area (Å²) in [5.41, 5.74) is 1.71. The molecule has 0 fully saturated rings. The average Bonchev–Trinajstić information content (AvgIpc) is 2.82. The fourth-order valence-electron chi connectivity index (χ4n) is 2.87. The van der Waals surface area contributed by atoms with Crippen LogP contribution in [0, 0.1) is 0 Å². The van der Waals surface area contributed by atoms with Gasteiger partial charge in [-0.1, -0.05) is 66.7 Å². The Hall–Kier alpha value is -4.13. The van der Waals surface area contributed by atoms with Gasteiger partial charge in [0.2, 0.25) is 0 Å². The average molecular weight is 433 g/mol. The van der Waals surface area contributed by atoms with Gasteiger partial charge in [0.15, 0.2) is 0 Å². The van der Waals surface area contributed by atoms with Crippen molar-refractivity contribution in [3.63, 3.8) is 0 Å². The number of aromatic hydroxyl groups is 1. The number of phenols is 1. The largest absolute Gasteiger partial charge is 0.508 e. The smallest absolute Gasteiger partial charge is 0.329 e. The van der Waals surface area contributed by atoms with Crippen LogP contribution in [-0.2, 0) is 32.3 Å². The van der Waals surface area contributed by atoms with E-state index in [2.05, 4.69) is 5.32 Å². The molecule has 0 aliphatic carbocycles. The van der Waals surface area contributed by atoms with Gasteiger partial charge in [-0.3, -0.25) is 9.59 Å². The minimum atomic E-state index is -1.25. The molecule has 1 amide bonds. The number of hydrogen-bond donors (Lipinski definition) is 2. The van der Waals surface area contributed by atoms with E-state index < -0.39 is 30.3 Å². The fraction of sp³-hybridized carbons (Fsp3) is 0.160. The molecule has 3 rings (SSSR count). The maximum atomic E-state index is 12.7. The first-order valence-corrected chi connectivity index (χ1v) is 10.0. The number of carbonyl (C=O) groups excluding carboxylic acids is 3. The highest BCUT2D eigenvalue weighted by atomic mass is 16.5. The molecule has 1 atom stereocenters. The molecule has 0 saturated carbocycles. The molecule has 7 nitrogen and oxygen atoms in total. The molecule has 1 unspecified atom stereocenters. The summed E-state index contributed by atoms with van der Waals surface area (Å²) in [6.07, 6.45) is -0.398. The molecule has 0 bridgehead atoms. The quantitative estimate of drug-likeness (QED) is 0.502. The van der Waals surface area contributed by atoms with E-state index in [9.17, 15) is 19.5 Å². The SMILES string of the molecule is O=C(CC(NC(=O)c1cccc(O)c1)C(=O)OCc1ccccc1)OCc1ccccc1. The molecule has 32 heavy (non-hydrogen) atoms. The Morgan fingerprint density at radius 2 is 1.38 bits per heavy atom. The van der Waals surface area contributed by atoms with Gasteiger partial charge in [-0.15, -0.1) is 0 Å². The third-order valence-electron chi connectivity index (χ3n) is 4.54. The van der Waals surface area contributed by atoms with E-state index in [0.717, 1.165) is 11.1 Å². The van der Waals surface area contributed by atoms with Crippen LogP contribution in [0.25, 0.3) is 0 Å². The van der Waals surface area contributed by atoms with E-state index in [-0.39, 0.29) is 24.5 Å². The number of phenolic OH excluding ortho intramolecular Hbond substituents is 1. The second-order valence-corrected chi connectivity index (χ2v) is 7.02. The Labute approximate surface area is 185 Å². The summed E-state index contributed by atoms with van der Waals surface area (Å²) in [5, 5.41) is 12.1. The number of ether oxygens (including phenoxy) is 2. The summed E-state index contributed by atoms with van der Waals surface area (Å²) in [5.74, 6) is -2.15. The molecule has 0 spiro atoms. The Balaban J connectivity index is 1.65. The lowest BCUT2D eigenvalue weighted by Crippen LogP contribution is -2.43. The fourth-order valence-corrected chi connectivity index (χ4v) is 2.87. The third-order valence-corrected chi connectivity index (χ3v) is 4.54. The molecule has 3 aromatic carbocycles. The van der Waals surface area contributed by atoms with Crippen molar-refractivity contribution < 1.29 is 29.0 Å². The Morgan fingerprint density at radius 1 is 0.781 bits per heavy atom.